The van der Waals surface area contributed by atoms with E-state index in [9.17, 15) is 0 Å². The molecule has 0 bridgehead atoms. The van der Waals surface area contributed by atoms with Gasteiger partial charge in [0.25, 0.3) is 0 Å². The second-order valence-corrected chi connectivity index (χ2v) is 4.71. The lowest BCUT2D eigenvalue weighted by Gasteiger charge is -2.34. The smallest absolute Gasteiger partial charge is 0.158 e. The number of anilines is 1. The second-order valence-electron chi connectivity index (χ2n) is 4.71. The van der Waals surface area contributed by atoms with Crippen molar-refractivity contribution in [2.75, 3.05) is 44.2 Å². The maximum atomic E-state index is 5.59. The van der Waals surface area contributed by atoms with E-state index in [1.165, 1.54) is 5.39 Å². The molecule has 3 N–H and O–H groups in total. The van der Waals surface area contributed by atoms with Crippen LogP contribution in [-0.2, 0) is 0 Å². The molecule has 0 amide bonds. The van der Waals surface area contributed by atoms with Crippen molar-refractivity contribution >= 4 is 16.7 Å². The van der Waals surface area contributed by atoms with Gasteiger partial charge in [-0.1, -0.05) is 12.1 Å². The first-order valence-electron chi connectivity index (χ1n) is 6.49. The summed E-state index contributed by atoms with van der Waals surface area (Å²) in [6, 6.07) is 8.28. The van der Waals surface area contributed by atoms with Gasteiger partial charge in [0, 0.05) is 44.7 Å². The lowest BCUT2D eigenvalue weighted by atomic mass is 10.2. The Bertz CT molecular complexity index is 513. The van der Waals surface area contributed by atoms with Gasteiger partial charge in [0.05, 0.1) is 5.52 Å². The Balaban J connectivity index is 1.76. The van der Waals surface area contributed by atoms with Crippen LogP contribution in [0.25, 0.3) is 10.9 Å². The van der Waals surface area contributed by atoms with Crippen molar-refractivity contribution in [3.05, 3.63) is 24.3 Å². The molecule has 0 radical (unpaired) electrons. The van der Waals surface area contributed by atoms with Crippen LogP contribution in [0.5, 0.6) is 0 Å². The van der Waals surface area contributed by atoms with Gasteiger partial charge in [-0.15, -0.1) is 0 Å². The van der Waals surface area contributed by atoms with Crippen LogP contribution in [0.1, 0.15) is 0 Å². The number of nitrogens with zero attached hydrogens (tertiary/aromatic N) is 3. The lowest BCUT2D eigenvalue weighted by Crippen LogP contribution is -2.47. The molecular formula is C13H19N5. The van der Waals surface area contributed by atoms with E-state index < -0.39 is 0 Å². The van der Waals surface area contributed by atoms with Crippen molar-refractivity contribution in [2.24, 2.45) is 5.73 Å². The summed E-state index contributed by atoms with van der Waals surface area (Å²) in [4.78, 5) is 4.76. The number of nitrogens with one attached hydrogen (secondary N) is 1. The van der Waals surface area contributed by atoms with Gasteiger partial charge in [0.1, 0.15) is 0 Å². The second kappa shape index (κ2) is 4.96. The largest absolute Gasteiger partial charge is 0.352 e. The van der Waals surface area contributed by atoms with Gasteiger partial charge in [-0.3, -0.25) is 10.00 Å². The van der Waals surface area contributed by atoms with Crippen molar-refractivity contribution in [3.8, 4) is 0 Å². The average molecular weight is 245 g/mol. The lowest BCUT2D eigenvalue weighted by molar-refractivity contribution is 0.264. The van der Waals surface area contributed by atoms with Crippen LogP contribution in [0.2, 0.25) is 0 Å². The fourth-order valence-electron chi connectivity index (χ4n) is 2.56. The topological polar surface area (TPSA) is 61.2 Å². The molecule has 3 rings (SSSR count). The zero-order valence-corrected chi connectivity index (χ0v) is 10.5. The zero-order valence-electron chi connectivity index (χ0n) is 10.5. The van der Waals surface area contributed by atoms with E-state index >= 15 is 0 Å². The maximum absolute atomic E-state index is 5.59. The highest BCUT2D eigenvalue weighted by molar-refractivity contribution is 5.90. The highest BCUT2D eigenvalue weighted by Gasteiger charge is 2.19. The Morgan fingerprint density at radius 2 is 1.94 bits per heavy atom. The normalized spacial score (nSPS) is 17.5. The minimum Gasteiger partial charge on any atom is -0.352 e. The molecule has 0 unspecified atom stereocenters. The maximum Gasteiger partial charge on any atom is 0.158 e. The standard InChI is InChI=1S/C13H19N5/c14-5-6-17-7-9-18(10-8-17)13-11-3-1-2-4-12(11)15-16-13/h1-4H,5-10,14H2,(H,15,16). The Hall–Kier alpha value is -1.59. The summed E-state index contributed by atoms with van der Waals surface area (Å²) in [5.41, 5.74) is 6.70. The fourth-order valence-corrected chi connectivity index (χ4v) is 2.56. The number of piperazine rings is 1. The highest BCUT2D eigenvalue weighted by atomic mass is 15.3. The monoisotopic (exact) mass is 245 g/mol. The van der Waals surface area contributed by atoms with E-state index in [0.717, 1.165) is 50.6 Å². The quantitative estimate of drug-likeness (QED) is 0.833. The first kappa shape index (κ1) is 11.5. The Labute approximate surface area is 107 Å². The fraction of sp³-hybridized carbons (Fsp3) is 0.462. The molecule has 1 aromatic carbocycles. The van der Waals surface area contributed by atoms with E-state index in [1.54, 1.807) is 0 Å². The molecule has 1 aliphatic rings. The summed E-state index contributed by atoms with van der Waals surface area (Å²) in [6.07, 6.45) is 0. The number of fused-ring (bicyclic) bond motifs is 1. The highest BCUT2D eigenvalue weighted by Crippen LogP contribution is 2.24. The van der Waals surface area contributed by atoms with Crippen LogP contribution in [-0.4, -0.2) is 54.4 Å². The van der Waals surface area contributed by atoms with Gasteiger partial charge in [0.2, 0.25) is 0 Å². The molecule has 96 valence electrons. The molecular weight excluding hydrogens is 226 g/mol. The molecule has 2 heterocycles. The Morgan fingerprint density at radius 3 is 2.72 bits per heavy atom. The third-order valence-electron chi connectivity index (χ3n) is 3.57. The first-order valence-corrected chi connectivity index (χ1v) is 6.49. The summed E-state index contributed by atoms with van der Waals surface area (Å²) in [6.45, 7) is 5.92. The molecule has 18 heavy (non-hydrogen) atoms. The van der Waals surface area contributed by atoms with Crippen LogP contribution < -0.4 is 10.6 Å². The molecule has 2 aromatic rings. The third-order valence-corrected chi connectivity index (χ3v) is 3.57. The summed E-state index contributed by atoms with van der Waals surface area (Å²) in [5.74, 6) is 1.08. The van der Waals surface area contributed by atoms with Crippen molar-refractivity contribution in [2.45, 2.75) is 0 Å². The molecule has 0 saturated carbocycles. The van der Waals surface area contributed by atoms with E-state index in [1.807, 2.05) is 6.07 Å². The predicted octanol–water partition coefficient (Wildman–Crippen LogP) is 0.644. The first-order chi connectivity index (χ1) is 8.88. The zero-order chi connectivity index (χ0) is 12.4. The molecule has 1 fully saturated rings. The number of rotatable bonds is 3. The van der Waals surface area contributed by atoms with Gasteiger partial charge >= 0.3 is 0 Å². The van der Waals surface area contributed by atoms with Crippen molar-refractivity contribution < 1.29 is 0 Å². The minimum atomic E-state index is 0.741. The number of aromatic amines is 1. The molecule has 0 aliphatic carbocycles. The Kier molecular flexibility index (Phi) is 3.17. The van der Waals surface area contributed by atoms with Crippen LogP contribution in [0, 0.1) is 0 Å². The van der Waals surface area contributed by atoms with Gasteiger partial charge in [-0.25, -0.2) is 0 Å². The molecule has 5 nitrogen and oxygen atoms in total. The van der Waals surface area contributed by atoms with Crippen LogP contribution in [0.15, 0.2) is 24.3 Å². The molecule has 1 aliphatic heterocycles. The number of aromatic nitrogens is 2. The van der Waals surface area contributed by atoms with E-state index in [0.29, 0.717) is 0 Å². The molecule has 0 spiro atoms. The molecule has 5 heteroatoms. The Morgan fingerprint density at radius 1 is 1.17 bits per heavy atom. The number of para-hydroxylation sites is 1. The average Bonchev–Trinajstić information content (AvgIpc) is 2.84. The summed E-state index contributed by atoms with van der Waals surface area (Å²) in [5, 5.41) is 8.76. The predicted molar refractivity (Wildman–Crippen MR) is 73.8 cm³/mol. The van der Waals surface area contributed by atoms with Crippen LogP contribution in [0.4, 0.5) is 5.82 Å². The third kappa shape index (κ3) is 2.07. The van der Waals surface area contributed by atoms with E-state index in [2.05, 4.69) is 38.2 Å². The van der Waals surface area contributed by atoms with Crippen molar-refractivity contribution in [3.63, 3.8) is 0 Å². The van der Waals surface area contributed by atoms with Gasteiger partial charge < -0.3 is 10.6 Å². The summed E-state index contributed by atoms with van der Waals surface area (Å²) >= 11 is 0. The number of benzene rings is 1. The molecule has 1 aromatic heterocycles. The SMILES string of the molecule is NCCN1CCN(c2n[nH]c3ccccc23)CC1. The van der Waals surface area contributed by atoms with Crippen LogP contribution in [0.3, 0.4) is 0 Å². The number of hydrogen-bond donors (Lipinski definition) is 2. The number of hydrogen-bond acceptors (Lipinski definition) is 4. The van der Waals surface area contributed by atoms with E-state index in [4.69, 9.17) is 5.73 Å². The van der Waals surface area contributed by atoms with Gasteiger partial charge in [-0.05, 0) is 12.1 Å². The molecule has 0 atom stereocenters. The van der Waals surface area contributed by atoms with Crippen molar-refractivity contribution in [1.29, 1.82) is 0 Å². The number of H-pyrrole nitrogens is 1. The summed E-state index contributed by atoms with van der Waals surface area (Å²) < 4.78 is 0. The van der Waals surface area contributed by atoms with Gasteiger partial charge in [-0.2, -0.15) is 5.10 Å². The number of nitrogens with two attached hydrogens (primary N) is 1. The van der Waals surface area contributed by atoms with Crippen LogP contribution >= 0.6 is 0 Å². The van der Waals surface area contributed by atoms with E-state index in [-0.39, 0.29) is 0 Å². The minimum absolute atomic E-state index is 0.741. The summed E-state index contributed by atoms with van der Waals surface area (Å²) in [7, 11) is 0. The van der Waals surface area contributed by atoms with Crippen molar-refractivity contribution in [1.82, 2.24) is 15.1 Å². The van der Waals surface area contributed by atoms with Gasteiger partial charge in [0.15, 0.2) is 5.82 Å². The molecule has 1 saturated heterocycles.